The Kier molecular flexibility index (Phi) is 8.18. The first-order valence-electron chi connectivity index (χ1n) is 9.76. The van der Waals surface area contributed by atoms with Crippen molar-refractivity contribution in [3.8, 4) is 11.5 Å². The molecule has 2 aromatic carbocycles. The maximum Gasteiger partial charge on any atom is 0.260 e. The number of rotatable bonds is 10. The molecule has 0 aliphatic carbocycles. The number of carbonyl (C=O) groups is 1. The van der Waals surface area contributed by atoms with Crippen LogP contribution in [0, 0.1) is 0 Å². The minimum absolute atomic E-state index is 0.0831. The lowest BCUT2D eigenvalue weighted by molar-refractivity contribution is -0.127. The van der Waals surface area contributed by atoms with Crippen molar-refractivity contribution in [3.63, 3.8) is 0 Å². The molecule has 0 fully saturated rings. The highest BCUT2D eigenvalue weighted by Crippen LogP contribution is 2.26. The Morgan fingerprint density at radius 2 is 1.74 bits per heavy atom. The van der Waals surface area contributed by atoms with E-state index in [-0.39, 0.29) is 5.91 Å². The number of amides is 1. The van der Waals surface area contributed by atoms with Crippen molar-refractivity contribution in [1.82, 2.24) is 5.32 Å². The fraction of sp³-hybridized carbons (Fsp3) is 0.435. The minimum Gasteiger partial charge on any atom is -0.494 e. The number of benzene rings is 2. The van der Waals surface area contributed by atoms with Gasteiger partial charge in [0.25, 0.3) is 5.91 Å². The van der Waals surface area contributed by atoms with E-state index in [0.717, 1.165) is 29.9 Å². The van der Waals surface area contributed by atoms with Crippen LogP contribution in [0.15, 0.2) is 48.5 Å². The molecule has 0 bridgehead atoms. The van der Waals surface area contributed by atoms with Crippen molar-refractivity contribution in [3.05, 3.63) is 59.7 Å². The highest BCUT2D eigenvalue weighted by atomic mass is 16.5. The van der Waals surface area contributed by atoms with Crippen LogP contribution in [-0.2, 0) is 11.2 Å². The number of carbonyl (C=O) groups excluding carboxylic acids is 1. The molecule has 0 radical (unpaired) electrons. The first kappa shape index (κ1) is 20.8. The van der Waals surface area contributed by atoms with Crippen molar-refractivity contribution in [1.29, 1.82) is 0 Å². The van der Waals surface area contributed by atoms with Crippen molar-refractivity contribution in [2.45, 2.75) is 52.6 Å². The number of ether oxygens (including phenoxy) is 2. The normalized spacial score (nSPS) is 11.9. The van der Waals surface area contributed by atoms with Gasteiger partial charge in [0.05, 0.1) is 6.61 Å². The molecular weight excluding hydrogens is 338 g/mol. The topological polar surface area (TPSA) is 47.6 Å². The zero-order valence-corrected chi connectivity index (χ0v) is 16.8. The van der Waals surface area contributed by atoms with Gasteiger partial charge in [-0.05, 0) is 61.9 Å². The zero-order valence-electron chi connectivity index (χ0n) is 16.8. The van der Waals surface area contributed by atoms with Crippen LogP contribution < -0.4 is 14.8 Å². The van der Waals surface area contributed by atoms with Crippen LogP contribution in [0.25, 0.3) is 0 Å². The second kappa shape index (κ2) is 10.6. The van der Waals surface area contributed by atoms with E-state index in [9.17, 15) is 4.79 Å². The maximum atomic E-state index is 12.3. The molecule has 1 atom stereocenters. The minimum atomic E-state index is -0.518. The summed E-state index contributed by atoms with van der Waals surface area (Å²) in [6.45, 7) is 9.31. The summed E-state index contributed by atoms with van der Waals surface area (Å²) >= 11 is 0. The first-order chi connectivity index (χ1) is 13.0. The highest BCUT2D eigenvalue weighted by Gasteiger charge is 2.16. The molecule has 0 spiro atoms. The van der Waals surface area contributed by atoms with Gasteiger partial charge in [0.1, 0.15) is 11.5 Å². The molecule has 27 heavy (non-hydrogen) atoms. The van der Waals surface area contributed by atoms with Gasteiger partial charge < -0.3 is 14.8 Å². The predicted octanol–water partition coefficient (Wildman–Crippen LogP) is 4.73. The standard InChI is InChI=1S/C23H31NO3/c1-5-26-20-14-12-19(13-15-20)9-8-16-24-23(25)18(4)27-22-11-7-6-10-21(22)17(2)3/h6-7,10-15,17-18H,5,8-9,16H2,1-4H3,(H,24,25)/t18-/m1/s1. The second-order valence-electron chi connectivity index (χ2n) is 6.92. The predicted molar refractivity (Wildman–Crippen MR) is 110 cm³/mol. The van der Waals surface area contributed by atoms with E-state index in [2.05, 4.69) is 31.3 Å². The van der Waals surface area contributed by atoms with Crippen molar-refractivity contribution in [2.75, 3.05) is 13.2 Å². The van der Waals surface area contributed by atoms with Crippen LogP contribution in [0.1, 0.15) is 51.2 Å². The summed E-state index contributed by atoms with van der Waals surface area (Å²) in [6, 6.07) is 16.0. The third-order valence-electron chi connectivity index (χ3n) is 4.39. The van der Waals surface area contributed by atoms with Crippen LogP contribution in [0.3, 0.4) is 0 Å². The average molecular weight is 370 g/mol. The maximum absolute atomic E-state index is 12.3. The molecule has 0 aliphatic rings. The SMILES string of the molecule is CCOc1ccc(CCCNC(=O)[C@@H](C)Oc2ccccc2C(C)C)cc1. The summed E-state index contributed by atoms with van der Waals surface area (Å²) in [5, 5.41) is 2.96. The average Bonchev–Trinajstić information content (AvgIpc) is 2.66. The summed E-state index contributed by atoms with van der Waals surface area (Å²) in [4.78, 5) is 12.3. The first-order valence-corrected chi connectivity index (χ1v) is 9.76. The summed E-state index contributed by atoms with van der Waals surface area (Å²) in [7, 11) is 0. The fourth-order valence-electron chi connectivity index (χ4n) is 2.88. The Hall–Kier alpha value is -2.49. The quantitative estimate of drug-likeness (QED) is 0.616. The van der Waals surface area contributed by atoms with Gasteiger partial charge in [-0.2, -0.15) is 0 Å². The number of nitrogens with one attached hydrogen (secondary N) is 1. The van der Waals surface area contributed by atoms with E-state index in [4.69, 9.17) is 9.47 Å². The van der Waals surface area contributed by atoms with Crippen molar-refractivity contribution in [2.24, 2.45) is 0 Å². The van der Waals surface area contributed by atoms with E-state index in [1.807, 2.05) is 43.3 Å². The summed E-state index contributed by atoms with van der Waals surface area (Å²) in [5.74, 6) is 1.94. The van der Waals surface area contributed by atoms with Gasteiger partial charge in [0, 0.05) is 6.54 Å². The molecule has 0 heterocycles. The smallest absolute Gasteiger partial charge is 0.260 e. The summed E-state index contributed by atoms with van der Waals surface area (Å²) in [5.41, 5.74) is 2.36. The van der Waals surface area contributed by atoms with E-state index < -0.39 is 6.10 Å². The van der Waals surface area contributed by atoms with E-state index in [1.165, 1.54) is 5.56 Å². The third kappa shape index (κ3) is 6.63. The van der Waals surface area contributed by atoms with Gasteiger partial charge in [0.15, 0.2) is 6.10 Å². The molecule has 0 aromatic heterocycles. The molecule has 0 unspecified atom stereocenters. The van der Waals surface area contributed by atoms with Crippen LogP contribution in [-0.4, -0.2) is 25.2 Å². The molecule has 4 heteroatoms. The number of hydrogen-bond donors (Lipinski definition) is 1. The Morgan fingerprint density at radius 1 is 1.04 bits per heavy atom. The van der Waals surface area contributed by atoms with Crippen LogP contribution >= 0.6 is 0 Å². The summed E-state index contributed by atoms with van der Waals surface area (Å²) in [6.07, 6.45) is 1.28. The van der Waals surface area contributed by atoms with Crippen LogP contribution in [0.5, 0.6) is 11.5 Å². The van der Waals surface area contributed by atoms with Gasteiger partial charge in [-0.25, -0.2) is 0 Å². The molecule has 0 saturated carbocycles. The molecule has 4 nitrogen and oxygen atoms in total. The number of aryl methyl sites for hydroxylation is 1. The lowest BCUT2D eigenvalue weighted by atomic mass is 10.0. The van der Waals surface area contributed by atoms with Gasteiger partial charge in [0.2, 0.25) is 0 Å². The van der Waals surface area contributed by atoms with Crippen molar-refractivity contribution >= 4 is 5.91 Å². The van der Waals surface area contributed by atoms with Gasteiger partial charge in [-0.3, -0.25) is 4.79 Å². The fourth-order valence-corrected chi connectivity index (χ4v) is 2.88. The molecule has 1 amide bonds. The third-order valence-corrected chi connectivity index (χ3v) is 4.39. The van der Waals surface area contributed by atoms with Crippen LogP contribution in [0.4, 0.5) is 0 Å². The molecule has 0 aliphatic heterocycles. The van der Waals surface area contributed by atoms with E-state index in [1.54, 1.807) is 6.92 Å². The molecule has 2 aromatic rings. The molecule has 0 saturated heterocycles. The number of hydrogen-bond acceptors (Lipinski definition) is 3. The highest BCUT2D eigenvalue weighted by molar-refractivity contribution is 5.80. The van der Waals surface area contributed by atoms with Gasteiger partial charge >= 0.3 is 0 Å². The Morgan fingerprint density at radius 3 is 2.41 bits per heavy atom. The van der Waals surface area contributed by atoms with E-state index >= 15 is 0 Å². The van der Waals surface area contributed by atoms with Gasteiger partial charge in [-0.15, -0.1) is 0 Å². The van der Waals surface area contributed by atoms with Gasteiger partial charge in [-0.1, -0.05) is 44.2 Å². The molecule has 1 N–H and O–H groups in total. The Bertz CT molecular complexity index is 710. The van der Waals surface area contributed by atoms with E-state index in [0.29, 0.717) is 19.1 Å². The zero-order chi connectivity index (χ0) is 19.6. The Balaban J connectivity index is 1.75. The molecule has 146 valence electrons. The summed E-state index contributed by atoms with van der Waals surface area (Å²) < 4.78 is 11.3. The second-order valence-corrected chi connectivity index (χ2v) is 6.92. The lowest BCUT2D eigenvalue weighted by Crippen LogP contribution is -2.37. The lowest BCUT2D eigenvalue weighted by Gasteiger charge is -2.18. The van der Waals surface area contributed by atoms with Crippen LogP contribution in [0.2, 0.25) is 0 Å². The largest absolute Gasteiger partial charge is 0.494 e. The molecule has 2 rings (SSSR count). The monoisotopic (exact) mass is 369 g/mol. The Labute approximate surface area is 162 Å². The number of para-hydroxylation sites is 1. The molecular formula is C23H31NO3. The van der Waals surface area contributed by atoms with Crippen molar-refractivity contribution < 1.29 is 14.3 Å².